The van der Waals surface area contributed by atoms with Crippen molar-refractivity contribution in [2.24, 2.45) is 11.7 Å². The number of benzene rings is 1. The molecular formula is C14H18N2O2. The van der Waals surface area contributed by atoms with Crippen molar-refractivity contribution in [1.82, 2.24) is 5.32 Å². The van der Waals surface area contributed by atoms with Crippen LogP contribution in [0, 0.1) is 5.92 Å². The number of nitrogens with one attached hydrogen (secondary N) is 1. The molecule has 3 N–H and O–H groups in total. The molecule has 18 heavy (non-hydrogen) atoms. The Morgan fingerprint density at radius 1 is 1.11 bits per heavy atom. The van der Waals surface area contributed by atoms with E-state index >= 15 is 0 Å². The Bertz CT molecular complexity index is 431. The highest BCUT2D eigenvalue weighted by Crippen LogP contribution is 2.24. The summed E-state index contributed by atoms with van der Waals surface area (Å²) in [4.78, 5) is 23.4. The van der Waals surface area contributed by atoms with Gasteiger partial charge in [0, 0.05) is 11.6 Å². The van der Waals surface area contributed by atoms with Gasteiger partial charge < -0.3 is 11.1 Å². The van der Waals surface area contributed by atoms with Gasteiger partial charge in [-0.1, -0.05) is 31.0 Å². The molecule has 2 atom stereocenters. The van der Waals surface area contributed by atoms with Gasteiger partial charge in [-0.05, 0) is 25.0 Å². The minimum absolute atomic E-state index is 0.121. The van der Waals surface area contributed by atoms with Crippen LogP contribution in [0.3, 0.4) is 0 Å². The van der Waals surface area contributed by atoms with Crippen molar-refractivity contribution < 1.29 is 9.59 Å². The van der Waals surface area contributed by atoms with E-state index in [9.17, 15) is 9.59 Å². The zero-order valence-corrected chi connectivity index (χ0v) is 10.3. The maximum atomic E-state index is 12.0. The van der Waals surface area contributed by atoms with E-state index < -0.39 is 0 Å². The SMILES string of the molecule is NC(=O)C1CCCCC1NC(=O)c1ccccc1. The zero-order chi connectivity index (χ0) is 13.0. The molecular weight excluding hydrogens is 228 g/mol. The largest absolute Gasteiger partial charge is 0.369 e. The maximum Gasteiger partial charge on any atom is 0.251 e. The Labute approximate surface area is 107 Å². The molecule has 2 unspecified atom stereocenters. The molecule has 1 saturated carbocycles. The molecule has 1 aromatic carbocycles. The average Bonchev–Trinajstić information content (AvgIpc) is 2.40. The fourth-order valence-electron chi connectivity index (χ4n) is 2.49. The second kappa shape index (κ2) is 5.67. The van der Waals surface area contributed by atoms with E-state index in [2.05, 4.69) is 5.32 Å². The lowest BCUT2D eigenvalue weighted by atomic mass is 9.84. The minimum Gasteiger partial charge on any atom is -0.369 e. The minimum atomic E-state index is -0.312. The summed E-state index contributed by atoms with van der Waals surface area (Å²) >= 11 is 0. The fourth-order valence-corrected chi connectivity index (χ4v) is 2.49. The molecule has 1 aliphatic rings. The Balaban J connectivity index is 2.03. The van der Waals surface area contributed by atoms with Crippen molar-refractivity contribution in [1.29, 1.82) is 0 Å². The highest BCUT2D eigenvalue weighted by Gasteiger charge is 2.30. The molecule has 0 aliphatic heterocycles. The van der Waals surface area contributed by atoms with Gasteiger partial charge in [-0.25, -0.2) is 0 Å². The van der Waals surface area contributed by atoms with Crippen LogP contribution in [0.2, 0.25) is 0 Å². The van der Waals surface area contributed by atoms with E-state index in [1.54, 1.807) is 12.1 Å². The Morgan fingerprint density at radius 3 is 2.44 bits per heavy atom. The van der Waals surface area contributed by atoms with Gasteiger partial charge in [-0.3, -0.25) is 9.59 Å². The Morgan fingerprint density at radius 2 is 1.78 bits per heavy atom. The number of primary amides is 1. The number of hydrogen-bond donors (Lipinski definition) is 2. The molecule has 2 rings (SSSR count). The van der Waals surface area contributed by atoms with Crippen molar-refractivity contribution >= 4 is 11.8 Å². The quantitative estimate of drug-likeness (QED) is 0.847. The molecule has 0 bridgehead atoms. The summed E-state index contributed by atoms with van der Waals surface area (Å²) in [6.07, 6.45) is 3.64. The van der Waals surface area contributed by atoms with Gasteiger partial charge in [0.15, 0.2) is 0 Å². The molecule has 0 spiro atoms. The summed E-state index contributed by atoms with van der Waals surface area (Å²) < 4.78 is 0. The summed E-state index contributed by atoms with van der Waals surface area (Å²) in [7, 11) is 0. The summed E-state index contributed by atoms with van der Waals surface area (Å²) in [5.74, 6) is -0.673. The molecule has 4 heteroatoms. The topological polar surface area (TPSA) is 72.2 Å². The smallest absolute Gasteiger partial charge is 0.251 e. The maximum absolute atomic E-state index is 12.0. The lowest BCUT2D eigenvalue weighted by molar-refractivity contribution is -0.123. The third-order valence-corrected chi connectivity index (χ3v) is 3.48. The van der Waals surface area contributed by atoms with E-state index in [0.717, 1.165) is 25.7 Å². The van der Waals surface area contributed by atoms with Crippen LogP contribution in [-0.2, 0) is 4.79 Å². The van der Waals surface area contributed by atoms with Gasteiger partial charge in [-0.2, -0.15) is 0 Å². The first-order chi connectivity index (χ1) is 8.68. The van der Waals surface area contributed by atoms with E-state index in [0.29, 0.717) is 5.56 Å². The Kier molecular flexibility index (Phi) is 3.97. The number of hydrogen-bond acceptors (Lipinski definition) is 2. The molecule has 1 fully saturated rings. The second-order valence-corrected chi connectivity index (χ2v) is 4.74. The van der Waals surface area contributed by atoms with Crippen LogP contribution in [0.25, 0.3) is 0 Å². The molecule has 0 aromatic heterocycles. The third kappa shape index (κ3) is 2.88. The average molecular weight is 246 g/mol. The van der Waals surface area contributed by atoms with Crippen molar-refractivity contribution in [2.75, 3.05) is 0 Å². The van der Waals surface area contributed by atoms with Crippen LogP contribution >= 0.6 is 0 Å². The van der Waals surface area contributed by atoms with Gasteiger partial charge in [0.25, 0.3) is 5.91 Å². The number of carbonyl (C=O) groups excluding carboxylic acids is 2. The molecule has 1 aromatic rings. The van der Waals surface area contributed by atoms with Crippen molar-refractivity contribution in [2.45, 2.75) is 31.7 Å². The number of rotatable bonds is 3. The normalized spacial score (nSPS) is 23.3. The third-order valence-electron chi connectivity index (χ3n) is 3.48. The molecule has 4 nitrogen and oxygen atoms in total. The monoisotopic (exact) mass is 246 g/mol. The van der Waals surface area contributed by atoms with Crippen LogP contribution in [0.4, 0.5) is 0 Å². The van der Waals surface area contributed by atoms with Crippen LogP contribution in [0.5, 0.6) is 0 Å². The van der Waals surface area contributed by atoms with Crippen LogP contribution in [0.15, 0.2) is 30.3 Å². The van der Waals surface area contributed by atoms with E-state index in [1.165, 1.54) is 0 Å². The fraction of sp³-hybridized carbons (Fsp3) is 0.429. The number of amides is 2. The standard InChI is InChI=1S/C14H18N2O2/c15-13(17)11-8-4-5-9-12(11)16-14(18)10-6-2-1-3-7-10/h1-3,6-7,11-12H,4-5,8-9H2,(H2,15,17)(H,16,18). The Hall–Kier alpha value is -1.84. The predicted octanol–water partition coefficient (Wildman–Crippen LogP) is 1.46. The summed E-state index contributed by atoms with van der Waals surface area (Å²) in [6.45, 7) is 0. The lowest BCUT2D eigenvalue weighted by Gasteiger charge is -2.29. The van der Waals surface area contributed by atoms with Crippen LogP contribution < -0.4 is 11.1 Å². The highest BCUT2D eigenvalue weighted by molar-refractivity contribution is 5.94. The van der Waals surface area contributed by atoms with E-state index in [4.69, 9.17) is 5.73 Å². The number of nitrogens with two attached hydrogens (primary N) is 1. The first kappa shape index (κ1) is 12.6. The van der Waals surface area contributed by atoms with Crippen molar-refractivity contribution in [3.05, 3.63) is 35.9 Å². The van der Waals surface area contributed by atoms with Crippen molar-refractivity contribution in [3.8, 4) is 0 Å². The lowest BCUT2D eigenvalue weighted by Crippen LogP contribution is -2.47. The van der Waals surface area contributed by atoms with E-state index in [1.807, 2.05) is 18.2 Å². The first-order valence-corrected chi connectivity index (χ1v) is 6.33. The summed E-state index contributed by atoms with van der Waals surface area (Å²) in [5, 5.41) is 2.93. The van der Waals surface area contributed by atoms with Gasteiger partial charge in [0.05, 0.1) is 5.92 Å². The van der Waals surface area contributed by atoms with Gasteiger partial charge >= 0.3 is 0 Å². The molecule has 2 amide bonds. The van der Waals surface area contributed by atoms with Gasteiger partial charge in [0.2, 0.25) is 5.91 Å². The predicted molar refractivity (Wildman–Crippen MR) is 68.8 cm³/mol. The molecule has 96 valence electrons. The molecule has 0 heterocycles. The van der Waals surface area contributed by atoms with Crippen LogP contribution in [0.1, 0.15) is 36.0 Å². The molecule has 0 radical (unpaired) electrons. The second-order valence-electron chi connectivity index (χ2n) is 4.74. The molecule has 0 saturated heterocycles. The van der Waals surface area contributed by atoms with E-state index in [-0.39, 0.29) is 23.8 Å². The summed E-state index contributed by atoms with van der Waals surface area (Å²) in [6, 6.07) is 8.91. The number of carbonyl (C=O) groups is 2. The first-order valence-electron chi connectivity index (χ1n) is 6.33. The zero-order valence-electron chi connectivity index (χ0n) is 10.3. The van der Waals surface area contributed by atoms with Crippen molar-refractivity contribution in [3.63, 3.8) is 0 Å². The summed E-state index contributed by atoms with van der Waals surface area (Å²) in [5.41, 5.74) is 6.00. The van der Waals surface area contributed by atoms with Gasteiger partial charge in [0.1, 0.15) is 0 Å². The highest BCUT2D eigenvalue weighted by atomic mass is 16.2. The van der Waals surface area contributed by atoms with Gasteiger partial charge in [-0.15, -0.1) is 0 Å². The molecule has 1 aliphatic carbocycles. The van der Waals surface area contributed by atoms with Crippen LogP contribution in [-0.4, -0.2) is 17.9 Å².